The molecule has 0 spiro atoms. The van der Waals surface area contributed by atoms with Crippen molar-refractivity contribution in [2.45, 2.75) is 6.42 Å². The van der Waals surface area contributed by atoms with Crippen LogP contribution in [0.4, 0.5) is 0 Å². The van der Waals surface area contributed by atoms with Gasteiger partial charge in [0.1, 0.15) is 15.9 Å². The Morgan fingerprint density at radius 2 is 0.821 bits per heavy atom. The summed E-state index contributed by atoms with van der Waals surface area (Å²) in [7, 11) is -2.05. The number of benzene rings is 4. The Labute approximate surface area is 168 Å². The highest BCUT2D eigenvalue weighted by Gasteiger charge is 2.44. The molecule has 0 aromatic heterocycles. The first-order chi connectivity index (χ1) is 13.9. The van der Waals surface area contributed by atoms with Gasteiger partial charge in [-0.1, -0.05) is 90.8 Å². The van der Waals surface area contributed by atoms with Crippen molar-refractivity contribution in [2.24, 2.45) is 0 Å². The predicted molar refractivity (Wildman–Crippen MR) is 123 cm³/mol. The standard InChI is InChI=1S/C27H22P/c1-5-14-24(15-6-1)16-13-23-28(25-17-7-2-8-18-25,26-19-9-3-10-20-26)27-21-11-4-12-22-27/h1-12,14-15,17-22H,16H2/q+1. The molecular formula is C27H22P+. The summed E-state index contributed by atoms with van der Waals surface area (Å²) in [5.74, 6) is 3.54. The van der Waals surface area contributed by atoms with Gasteiger partial charge in [-0.3, -0.25) is 0 Å². The van der Waals surface area contributed by atoms with Crippen LogP contribution in [0.25, 0.3) is 0 Å². The van der Waals surface area contributed by atoms with Crippen LogP contribution in [0.1, 0.15) is 5.56 Å². The van der Waals surface area contributed by atoms with Crippen molar-refractivity contribution >= 4 is 23.2 Å². The maximum absolute atomic E-state index is 3.79. The zero-order chi connectivity index (χ0) is 19.1. The van der Waals surface area contributed by atoms with Crippen molar-refractivity contribution in [1.82, 2.24) is 0 Å². The smallest absolute Gasteiger partial charge is 0.0622 e. The Morgan fingerprint density at radius 3 is 1.21 bits per heavy atom. The van der Waals surface area contributed by atoms with Gasteiger partial charge in [0, 0.05) is 6.42 Å². The largest absolute Gasteiger partial charge is 0.189 e. The van der Waals surface area contributed by atoms with Crippen LogP contribution in [-0.4, -0.2) is 0 Å². The molecule has 0 aliphatic heterocycles. The van der Waals surface area contributed by atoms with Crippen LogP contribution in [0.2, 0.25) is 0 Å². The zero-order valence-electron chi connectivity index (χ0n) is 15.7. The maximum atomic E-state index is 3.79. The Bertz CT molecular complexity index is 963. The first-order valence-corrected chi connectivity index (χ1v) is 11.3. The molecule has 0 radical (unpaired) electrons. The molecule has 0 saturated heterocycles. The molecule has 1 heteroatoms. The normalized spacial score (nSPS) is 10.7. The fourth-order valence-corrected chi connectivity index (χ4v) is 6.91. The first kappa shape index (κ1) is 18.2. The SMILES string of the molecule is C(#C[P+](c1ccccc1)(c1ccccc1)c1ccccc1)Cc1ccccc1. The molecule has 28 heavy (non-hydrogen) atoms. The molecule has 0 atom stereocenters. The lowest BCUT2D eigenvalue weighted by atomic mass is 10.2. The van der Waals surface area contributed by atoms with Gasteiger partial charge in [0.25, 0.3) is 0 Å². The molecule has 0 fully saturated rings. The van der Waals surface area contributed by atoms with E-state index in [9.17, 15) is 0 Å². The van der Waals surface area contributed by atoms with Gasteiger partial charge in [-0.25, -0.2) is 0 Å². The summed E-state index contributed by atoms with van der Waals surface area (Å²) in [6.07, 6.45) is 0.759. The molecule has 0 nitrogen and oxygen atoms in total. The molecule has 0 N–H and O–H groups in total. The van der Waals surface area contributed by atoms with Crippen LogP contribution >= 0.6 is 7.26 Å². The minimum atomic E-state index is -2.05. The summed E-state index contributed by atoms with van der Waals surface area (Å²) in [6, 6.07) is 42.8. The molecule has 0 unspecified atom stereocenters. The number of hydrogen-bond acceptors (Lipinski definition) is 0. The Morgan fingerprint density at radius 1 is 0.464 bits per heavy atom. The summed E-state index contributed by atoms with van der Waals surface area (Å²) in [5.41, 5.74) is 5.04. The van der Waals surface area contributed by atoms with Gasteiger partial charge in [0.2, 0.25) is 0 Å². The van der Waals surface area contributed by atoms with E-state index < -0.39 is 7.26 Å². The second kappa shape index (κ2) is 8.71. The lowest BCUT2D eigenvalue weighted by Crippen LogP contribution is -2.29. The average molecular weight is 377 g/mol. The molecule has 134 valence electrons. The molecule has 0 aliphatic carbocycles. The molecule has 0 heterocycles. The van der Waals surface area contributed by atoms with Gasteiger partial charge in [-0.15, -0.1) is 0 Å². The summed E-state index contributed by atoms with van der Waals surface area (Å²) in [5, 5.41) is 3.90. The van der Waals surface area contributed by atoms with E-state index in [1.54, 1.807) is 0 Å². The summed E-state index contributed by atoms with van der Waals surface area (Å²) < 4.78 is 0. The third kappa shape index (κ3) is 3.77. The molecule has 4 rings (SSSR count). The lowest BCUT2D eigenvalue weighted by molar-refractivity contribution is 1.32. The third-order valence-electron chi connectivity index (χ3n) is 4.81. The van der Waals surface area contributed by atoms with Crippen molar-refractivity contribution in [2.75, 3.05) is 0 Å². The Hall–Kier alpha value is -3.13. The topological polar surface area (TPSA) is 0 Å². The third-order valence-corrected chi connectivity index (χ3v) is 8.52. The first-order valence-electron chi connectivity index (χ1n) is 9.49. The highest BCUT2D eigenvalue weighted by molar-refractivity contribution is 7.99. The van der Waals surface area contributed by atoms with E-state index in [-0.39, 0.29) is 0 Å². The second-order valence-electron chi connectivity index (χ2n) is 6.63. The van der Waals surface area contributed by atoms with Gasteiger partial charge in [-0.2, -0.15) is 0 Å². The van der Waals surface area contributed by atoms with E-state index in [1.807, 2.05) is 6.07 Å². The van der Waals surface area contributed by atoms with Crippen LogP contribution in [0.5, 0.6) is 0 Å². The molecule has 0 amide bonds. The zero-order valence-corrected chi connectivity index (χ0v) is 16.6. The fraction of sp³-hybridized carbons (Fsp3) is 0.0370. The predicted octanol–water partition coefficient (Wildman–Crippen LogP) is 5.18. The number of rotatable bonds is 4. The monoisotopic (exact) mass is 377 g/mol. The summed E-state index contributed by atoms with van der Waals surface area (Å²) >= 11 is 0. The van der Waals surface area contributed by atoms with Crippen molar-refractivity contribution < 1.29 is 0 Å². The van der Waals surface area contributed by atoms with Crippen LogP contribution in [0.3, 0.4) is 0 Å². The van der Waals surface area contributed by atoms with Gasteiger partial charge < -0.3 is 0 Å². The molecular weight excluding hydrogens is 355 g/mol. The lowest BCUT2D eigenvalue weighted by Gasteiger charge is -2.21. The molecule has 0 bridgehead atoms. The van der Waals surface area contributed by atoms with Gasteiger partial charge in [-0.05, 0) is 42.0 Å². The average Bonchev–Trinajstić information content (AvgIpc) is 2.79. The highest BCUT2D eigenvalue weighted by atomic mass is 31.2. The van der Waals surface area contributed by atoms with Crippen LogP contribution in [-0.2, 0) is 6.42 Å². The minimum absolute atomic E-state index is 0.759. The highest BCUT2D eigenvalue weighted by Crippen LogP contribution is 2.54. The van der Waals surface area contributed by atoms with E-state index >= 15 is 0 Å². The number of hydrogen-bond donors (Lipinski definition) is 0. The van der Waals surface area contributed by atoms with Gasteiger partial charge in [0.05, 0.1) is 5.66 Å². The van der Waals surface area contributed by atoms with E-state index in [2.05, 4.69) is 127 Å². The van der Waals surface area contributed by atoms with Gasteiger partial charge >= 0.3 is 0 Å². The summed E-state index contributed by atoms with van der Waals surface area (Å²) in [4.78, 5) is 0. The van der Waals surface area contributed by atoms with Crippen molar-refractivity contribution in [3.05, 3.63) is 127 Å². The molecule has 4 aromatic rings. The summed E-state index contributed by atoms with van der Waals surface area (Å²) in [6.45, 7) is 0. The van der Waals surface area contributed by atoms with E-state index in [1.165, 1.54) is 21.5 Å². The van der Waals surface area contributed by atoms with Crippen LogP contribution in [0.15, 0.2) is 121 Å². The van der Waals surface area contributed by atoms with Crippen LogP contribution < -0.4 is 15.9 Å². The van der Waals surface area contributed by atoms with E-state index in [0.29, 0.717) is 0 Å². The Balaban J connectivity index is 1.91. The van der Waals surface area contributed by atoms with Crippen molar-refractivity contribution in [3.8, 4) is 11.6 Å². The van der Waals surface area contributed by atoms with Crippen molar-refractivity contribution in [3.63, 3.8) is 0 Å². The van der Waals surface area contributed by atoms with Crippen molar-refractivity contribution in [1.29, 1.82) is 0 Å². The van der Waals surface area contributed by atoms with Gasteiger partial charge in [0.15, 0.2) is 7.26 Å². The minimum Gasteiger partial charge on any atom is -0.0622 e. The van der Waals surface area contributed by atoms with E-state index in [4.69, 9.17) is 0 Å². The fourth-order valence-electron chi connectivity index (χ4n) is 3.45. The second-order valence-corrected chi connectivity index (χ2v) is 9.74. The Kier molecular flexibility index (Phi) is 5.67. The molecule has 4 aromatic carbocycles. The van der Waals surface area contributed by atoms with E-state index in [0.717, 1.165) is 6.42 Å². The quantitative estimate of drug-likeness (QED) is 0.339. The maximum Gasteiger partial charge on any atom is 0.189 e. The van der Waals surface area contributed by atoms with Crippen LogP contribution in [0, 0.1) is 11.6 Å². The molecule has 0 aliphatic rings. The molecule has 0 saturated carbocycles.